The monoisotopic (exact) mass is 385 g/mol. The fourth-order valence-electron chi connectivity index (χ4n) is 2.48. The van der Waals surface area contributed by atoms with Gasteiger partial charge < -0.3 is 20.4 Å². The zero-order valence-corrected chi connectivity index (χ0v) is 15.5. The number of benzene rings is 1. The van der Waals surface area contributed by atoms with Gasteiger partial charge in [0.2, 0.25) is 5.91 Å². The molecule has 3 amide bonds. The van der Waals surface area contributed by atoms with Crippen LogP contribution in [0.5, 0.6) is 0 Å². The summed E-state index contributed by atoms with van der Waals surface area (Å²) in [5.74, 6) is -1.42. The Morgan fingerprint density at radius 2 is 1.85 bits per heavy atom. The normalized spacial score (nSPS) is 11.7. The minimum Gasteiger partial charge on any atom is -0.459 e. The quantitative estimate of drug-likeness (QED) is 0.566. The van der Waals surface area contributed by atoms with Crippen LogP contribution in [0.1, 0.15) is 23.6 Å². The van der Waals surface area contributed by atoms with E-state index in [1.165, 1.54) is 11.3 Å². The van der Waals surface area contributed by atoms with E-state index in [0.29, 0.717) is 5.76 Å². The molecule has 0 saturated carbocycles. The summed E-state index contributed by atoms with van der Waals surface area (Å²) < 4.78 is 5.70. The summed E-state index contributed by atoms with van der Waals surface area (Å²) in [6.07, 6.45) is 0. The third kappa shape index (κ3) is 4.95. The summed E-state index contributed by atoms with van der Waals surface area (Å²) in [5.41, 5.74) is 0.740. The summed E-state index contributed by atoms with van der Waals surface area (Å²) in [6, 6.07) is 12.8. The molecule has 1 atom stereocenters. The standard InChI is InChI=1S/C19H19N3O4S/c1-12(16-9-13-5-2-3-7-15(13)26-16)22-17(23)11-21-19(25)18(24)20-10-14-6-4-8-27-14/h2-9,12H,10-11H2,1H3,(H,20,24)(H,21,25)(H,22,23). The molecule has 3 aromatic rings. The number of carbonyl (C=O) groups excluding carboxylic acids is 3. The van der Waals surface area contributed by atoms with Crippen molar-refractivity contribution in [3.8, 4) is 0 Å². The predicted octanol–water partition coefficient (Wildman–Crippen LogP) is 2.10. The van der Waals surface area contributed by atoms with Crippen molar-refractivity contribution in [1.82, 2.24) is 16.0 Å². The van der Waals surface area contributed by atoms with Crippen LogP contribution in [0, 0.1) is 0 Å². The van der Waals surface area contributed by atoms with Crippen molar-refractivity contribution in [1.29, 1.82) is 0 Å². The van der Waals surface area contributed by atoms with Crippen molar-refractivity contribution in [2.45, 2.75) is 19.5 Å². The van der Waals surface area contributed by atoms with E-state index < -0.39 is 17.7 Å². The van der Waals surface area contributed by atoms with Gasteiger partial charge in [0.05, 0.1) is 19.1 Å². The lowest BCUT2D eigenvalue weighted by Crippen LogP contribution is -2.44. The van der Waals surface area contributed by atoms with Crippen LogP contribution >= 0.6 is 11.3 Å². The van der Waals surface area contributed by atoms with Crippen molar-refractivity contribution in [2.75, 3.05) is 6.54 Å². The molecule has 0 spiro atoms. The van der Waals surface area contributed by atoms with Crippen LogP contribution in [0.15, 0.2) is 52.3 Å². The van der Waals surface area contributed by atoms with Crippen molar-refractivity contribution in [2.24, 2.45) is 0 Å². The number of rotatable bonds is 6. The summed E-state index contributed by atoms with van der Waals surface area (Å²) in [4.78, 5) is 36.4. The highest BCUT2D eigenvalue weighted by Gasteiger charge is 2.17. The van der Waals surface area contributed by atoms with E-state index in [1.807, 2.05) is 47.8 Å². The predicted molar refractivity (Wildman–Crippen MR) is 102 cm³/mol. The molecular weight excluding hydrogens is 366 g/mol. The molecule has 2 heterocycles. The zero-order chi connectivity index (χ0) is 19.2. The largest absolute Gasteiger partial charge is 0.459 e. The van der Waals surface area contributed by atoms with Gasteiger partial charge in [-0.3, -0.25) is 14.4 Å². The van der Waals surface area contributed by atoms with E-state index in [1.54, 1.807) is 6.92 Å². The Hall–Kier alpha value is -3.13. The molecule has 3 N–H and O–H groups in total. The number of furan rings is 1. The van der Waals surface area contributed by atoms with Crippen LogP contribution in [0.3, 0.4) is 0 Å². The maximum absolute atomic E-state index is 12.0. The first kappa shape index (κ1) is 18.7. The van der Waals surface area contributed by atoms with Gasteiger partial charge in [-0.25, -0.2) is 0 Å². The Balaban J connectivity index is 1.44. The number of carbonyl (C=O) groups is 3. The molecule has 1 unspecified atom stereocenters. The molecule has 0 radical (unpaired) electrons. The van der Waals surface area contributed by atoms with E-state index in [0.717, 1.165) is 15.8 Å². The SMILES string of the molecule is CC(NC(=O)CNC(=O)C(=O)NCc1cccs1)c1cc2ccccc2o1. The molecule has 0 aliphatic rings. The third-order valence-electron chi connectivity index (χ3n) is 3.87. The average molecular weight is 385 g/mol. The Kier molecular flexibility index (Phi) is 5.87. The molecular formula is C19H19N3O4S. The zero-order valence-electron chi connectivity index (χ0n) is 14.7. The number of amides is 3. The number of hydrogen-bond acceptors (Lipinski definition) is 5. The van der Waals surface area contributed by atoms with Crippen LogP contribution < -0.4 is 16.0 Å². The van der Waals surface area contributed by atoms with Gasteiger partial charge in [0.15, 0.2) is 0 Å². The Labute approximate surface area is 159 Å². The fourth-order valence-corrected chi connectivity index (χ4v) is 3.13. The van der Waals surface area contributed by atoms with E-state index >= 15 is 0 Å². The lowest BCUT2D eigenvalue weighted by atomic mass is 10.2. The molecule has 0 aliphatic heterocycles. The van der Waals surface area contributed by atoms with Gasteiger partial charge in [-0.2, -0.15) is 0 Å². The van der Waals surface area contributed by atoms with Crippen LogP contribution in [0.25, 0.3) is 11.0 Å². The van der Waals surface area contributed by atoms with Gasteiger partial charge in [-0.05, 0) is 30.5 Å². The molecule has 140 valence electrons. The lowest BCUT2D eigenvalue weighted by Gasteiger charge is -2.12. The van der Waals surface area contributed by atoms with E-state index in [2.05, 4.69) is 16.0 Å². The minimum atomic E-state index is -0.849. The molecule has 0 fully saturated rings. The first-order chi connectivity index (χ1) is 13.0. The molecule has 8 heteroatoms. The maximum atomic E-state index is 12.0. The lowest BCUT2D eigenvalue weighted by molar-refractivity contribution is -0.139. The van der Waals surface area contributed by atoms with Crippen molar-refractivity contribution in [3.63, 3.8) is 0 Å². The first-order valence-electron chi connectivity index (χ1n) is 8.39. The summed E-state index contributed by atoms with van der Waals surface area (Å²) in [5, 5.41) is 10.4. The number of thiophene rings is 1. The Morgan fingerprint density at radius 3 is 2.59 bits per heavy atom. The van der Waals surface area contributed by atoms with Crippen LogP contribution in [0.2, 0.25) is 0 Å². The summed E-state index contributed by atoms with van der Waals surface area (Å²) >= 11 is 1.48. The topological polar surface area (TPSA) is 100 Å². The number of nitrogens with one attached hydrogen (secondary N) is 3. The number of hydrogen-bond donors (Lipinski definition) is 3. The van der Waals surface area contributed by atoms with Crippen molar-refractivity contribution < 1.29 is 18.8 Å². The second kappa shape index (κ2) is 8.50. The highest BCUT2D eigenvalue weighted by atomic mass is 32.1. The number of fused-ring (bicyclic) bond motifs is 1. The van der Waals surface area contributed by atoms with Crippen molar-refractivity contribution >= 4 is 40.0 Å². The van der Waals surface area contributed by atoms with Crippen LogP contribution in [-0.2, 0) is 20.9 Å². The average Bonchev–Trinajstić information content (AvgIpc) is 3.33. The van der Waals surface area contributed by atoms with Gasteiger partial charge in [-0.15, -0.1) is 11.3 Å². The molecule has 3 rings (SSSR count). The maximum Gasteiger partial charge on any atom is 0.309 e. The highest BCUT2D eigenvalue weighted by Crippen LogP contribution is 2.23. The minimum absolute atomic E-state index is 0.277. The fraction of sp³-hybridized carbons (Fsp3) is 0.211. The molecule has 0 saturated heterocycles. The van der Waals surface area contributed by atoms with E-state index in [9.17, 15) is 14.4 Å². The molecule has 0 bridgehead atoms. The van der Waals surface area contributed by atoms with Crippen molar-refractivity contribution in [3.05, 3.63) is 58.5 Å². The Bertz CT molecular complexity index is 916. The summed E-state index contributed by atoms with van der Waals surface area (Å²) in [6.45, 7) is 1.76. The summed E-state index contributed by atoms with van der Waals surface area (Å²) in [7, 11) is 0. The second-order valence-electron chi connectivity index (χ2n) is 5.92. The van der Waals surface area contributed by atoms with Gasteiger partial charge >= 0.3 is 11.8 Å². The molecule has 27 heavy (non-hydrogen) atoms. The molecule has 0 aliphatic carbocycles. The molecule has 2 aromatic heterocycles. The number of para-hydroxylation sites is 1. The second-order valence-corrected chi connectivity index (χ2v) is 6.95. The first-order valence-corrected chi connectivity index (χ1v) is 9.27. The van der Waals surface area contributed by atoms with E-state index in [4.69, 9.17) is 4.42 Å². The highest BCUT2D eigenvalue weighted by molar-refractivity contribution is 7.09. The van der Waals surface area contributed by atoms with Gasteiger partial charge in [0.25, 0.3) is 0 Å². The molecule has 1 aromatic carbocycles. The van der Waals surface area contributed by atoms with Crippen LogP contribution in [-0.4, -0.2) is 24.3 Å². The smallest absolute Gasteiger partial charge is 0.309 e. The van der Waals surface area contributed by atoms with Gasteiger partial charge in [0, 0.05) is 10.3 Å². The van der Waals surface area contributed by atoms with Gasteiger partial charge in [0.1, 0.15) is 11.3 Å². The third-order valence-corrected chi connectivity index (χ3v) is 4.74. The molecule has 7 nitrogen and oxygen atoms in total. The Morgan fingerprint density at radius 1 is 1.07 bits per heavy atom. The van der Waals surface area contributed by atoms with Gasteiger partial charge in [-0.1, -0.05) is 24.3 Å². The van der Waals surface area contributed by atoms with E-state index in [-0.39, 0.29) is 19.1 Å². The van der Waals surface area contributed by atoms with Crippen LogP contribution in [0.4, 0.5) is 0 Å².